The van der Waals surface area contributed by atoms with Crippen molar-refractivity contribution in [1.82, 2.24) is 15.1 Å². The largest absolute Gasteiger partial charge is 0.454 e. The number of nitrogens with one attached hydrogen (secondary N) is 1. The molecule has 0 saturated carbocycles. The predicted octanol–water partition coefficient (Wildman–Crippen LogP) is 2.32. The minimum Gasteiger partial charge on any atom is -0.454 e. The zero-order chi connectivity index (χ0) is 14.2. The molecular formula is C16H19N3O2. The lowest BCUT2D eigenvalue weighted by atomic mass is 9.93. The van der Waals surface area contributed by atoms with Gasteiger partial charge in [0, 0.05) is 36.5 Å². The molecule has 0 radical (unpaired) electrons. The van der Waals surface area contributed by atoms with Crippen LogP contribution in [0.1, 0.15) is 35.7 Å². The number of benzene rings is 1. The molecule has 1 aromatic carbocycles. The van der Waals surface area contributed by atoms with Crippen molar-refractivity contribution in [1.29, 1.82) is 0 Å². The van der Waals surface area contributed by atoms with Gasteiger partial charge in [-0.2, -0.15) is 5.10 Å². The molecule has 110 valence electrons. The summed E-state index contributed by atoms with van der Waals surface area (Å²) in [5, 5.41) is 8.04. The molecule has 1 N–H and O–H groups in total. The Kier molecular flexibility index (Phi) is 3.07. The van der Waals surface area contributed by atoms with Crippen molar-refractivity contribution < 1.29 is 9.47 Å². The zero-order valence-corrected chi connectivity index (χ0v) is 12.1. The lowest BCUT2D eigenvalue weighted by molar-refractivity contribution is 0.173. The fraction of sp³-hybridized carbons (Fsp3) is 0.438. The standard InChI is InChI=1S/C16H19N3O2/c1-19-14-6-3-5-13(12(14)9-18-19)17-8-11-4-2-7-15-16(11)21-10-20-15/h2,4,7,9,13,17H,3,5-6,8,10H2,1H3/t13-/m1/s1. The molecule has 2 heterocycles. The highest BCUT2D eigenvalue weighted by Gasteiger charge is 2.24. The quantitative estimate of drug-likeness (QED) is 0.940. The van der Waals surface area contributed by atoms with Crippen molar-refractivity contribution in [3.8, 4) is 11.5 Å². The number of ether oxygens (including phenoxy) is 2. The van der Waals surface area contributed by atoms with Crippen molar-refractivity contribution >= 4 is 0 Å². The maximum atomic E-state index is 5.56. The van der Waals surface area contributed by atoms with Crippen LogP contribution < -0.4 is 14.8 Å². The van der Waals surface area contributed by atoms with Crippen molar-refractivity contribution in [2.45, 2.75) is 31.8 Å². The molecule has 1 aliphatic carbocycles. The molecule has 2 aromatic rings. The second-order valence-corrected chi connectivity index (χ2v) is 5.65. The van der Waals surface area contributed by atoms with Crippen molar-refractivity contribution in [3.63, 3.8) is 0 Å². The predicted molar refractivity (Wildman–Crippen MR) is 78.3 cm³/mol. The van der Waals surface area contributed by atoms with Crippen LogP contribution >= 0.6 is 0 Å². The van der Waals surface area contributed by atoms with Crippen molar-refractivity contribution in [2.75, 3.05) is 6.79 Å². The van der Waals surface area contributed by atoms with E-state index < -0.39 is 0 Å². The third kappa shape index (κ3) is 2.17. The van der Waals surface area contributed by atoms with Crippen LogP contribution in [-0.2, 0) is 20.0 Å². The molecule has 1 aromatic heterocycles. The number of hydrogen-bond acceptors (Lipinski definition) is 4. The van der Waals surface area contributed by atoms with E-state index in [9.17, 15) is 0 Å². The highest BCUT2D eigenvalue weighted by molar-refractivity contribution is 5.48. The van der Waals surface area contributed by atoms with Gasteiger partial charge in [-0.15, -0.1) is 0 Å². The minimum atomic E-state index is 0.322. The fourth-order valence-corrected chi connectivity index (χ4v) is 3.28. The van der Waals surface area contributed by atoms with Crippen LogP contribution in [0, 0.1) is 0 Å². The second kappa shape index (κ2) is 5.07. The summed E-state index contributed by atoms with van der Waals surface area (Å²) in [6.45, 7) is 1.11. The van der Waals surface area contributed by atoms with Gasteiger partial charge in [-0.05, 0) is 25.3 Å². The molecule has 0 fully saturated rings. The van der Waals surface area contributed by atoms with Gasteiger partial charge >= 0.3 is 0 Å². The van der Waals surface area contributed by atoms with Crippen LogP contribution in [0.15, 0.2) is 24.4 Å². The van der Waals surface area contributed by atoms with Crippen LogP contribution in [0.5, 0.6) is 11.5 Å². The molecule has 0 amide bonds. The Bertz CT molecular complexity index is 666. The van der Waals surface area contributed by atoms with Crippen LogP contribution in [0.2, 0.25) is 0 Å². The summed E-state index contributed by atoms with van der Waals surface area (Å²) in [5.74, 6) is 1.73. The summed E-state index contributed by atoms with van der Waals surface area (Å²) >= 11 is 0. The first-order valence-corrected chi connectivity index (χ1v) is 7.44. The molecule has 2 aliphatic rings. The SMILES string of the molecule is Cn1ncc2c1CCC[C@H]2NCc1cccc2c1OCO2. The first kappa shape index (κ1) is 12.7. The summed E-state index contributed by atoms with van der Waals surface area (Å²) in [6, 6.07) is 6.43. The van der Waals surface area contributed by atoms with Crippen LogP contribution in [0.4, 0.5) is 0 Å². The Morgan fingerprint density at radius 3 is 3.29 bits per heavy atom. The monoisotopic (exact) mass is 285 g/mol. The Labute approximate surface area is 123 Å². The van der Waals surface area contributed by atoms with Gasteiger partial charge in [0.25, 0.3) is 0 Å². The van der Waals surface area contributed by atoms with Crippen molar-refractivity contribution in [2.24, 2.45) is 7.05 Å². The van der Waals surface area contributed by atoms with Gasteiger partial charge in [-0.1, -0.05) is 12.1 Å². The first-order chi connectivity index (χ1) is 10.3. The molecule has 0 spiro atoms. The van der Waals surface area contributed by atoms with E-state index in [1.165, 1.54) is 17.7 Å². The lowest BCUT2D eigenvalue weighted by Crippen LogP contribution is -2.25. The number of fused-ring (bicyclic) bond motifs is 2. The number of nitrogens with zero attached hydrogens (tertiary/aromatic N) is 2. The van der Waals surface area contributed by atoms with Gasteiger partial charge in [0.05, 0.1) is 6.20 Å². The van der Waals surface area contributed by atoms with E-state index >= 15 is 0 Å². The Hall–Kier alpha value is -2.01. The highest BCUT2D eigenvalue weighted by atomic mass is 16.7. The summed E-state index contributed by atoms with van der Waals surface area (Å²) in [4.78, 5) is 0. The molecule has 21 heavy (non-hydrogen) atoms. The molecule has 5 heteroatoms. The average molecular weight is 285 g/mol. The maximum absolute atomic E-state index is 5.56. The minimum absolute atomic E-state index is 0.322. The van der Waals surface area contributed by atoms with Crippen LogP contribution in [-0.4, -0.2) is 16.6 Å². The molecule has 1 atom stereocenters. The smallest absolute Gasteiger partial charge is 0.231 e. The number of aromatic nitrogens is 2. The van der Waals surface area contributed by atoms with Gasteiger partial charge in [-0.25, -0.2) is 0 Å². The van der Waals surface area contributed by atoms with Crippen molar-refractivity contribution in [3.05, 3.63) is 41.2 Å². The first-order valence-electron chi connectivity index (χ1n) is 7.44. The molecule has 1 aliphatic heterocycles. The van der Waals surface area contributed by atoms with E-state index in [-0.39, 0.29) is 0 Å². The molecule has 4 rings (SSSR count). The van der Waals surface area contributed by atoms with Gasteiger partial charge in [-0.3, -0.25) is 4.68 Å². The fourth-order valence-electron chi connectivity index (χ4n) is 3.28. The van der Waals surface area contributed by atoms with E-state index in [0.29, 0.717) is 12.8 Å². The third-order valence-corrected chi connectivity index (χ3v) is 4.39. The number of para-hydroxylation sites is 1. The Morgan fingerprint density at radius 2 is 2.33 bits per heavy atom. The highest BCUT2D eigenvalue weighted by Crippen LogP contribution is 2.36. The summed E-state index contributed by atoms with van der Waals surface area (Å²) in [5.41, 5.74) is 3.85. The Balaban J connectivity index is 1.52. The molecule has 0 saturated heterocycles. The van der Waals surface area contributed by atoms with E-state index in [4.69, 9.17) is 9.47 Å². The van der Waals surface area contributed by atoms with E-state index in [2.05, 4.69) is 16.5 Å². The molecule has 0 bridgehead atoms. The average Bonchev–Trinajstić information content (AvgIpc) is 3.13. The van der Waals surface area contributed by atoms with E-state index in [0.717, 1.165) is 36.4 Å². The summed E-state index contributed by atoms with van der Waals surface area (Å²) < 4.78 is 13.0. The third-order valence-electron chi connectivity index (χ3n) is 4.39. The molecule has 0 unspecified atom stereocenters. The second-order valence-electron chi connectivity index (χ2n) is 5.65. The van der Waals surface area contributed by atoms with Gasteiger partial charge < -0.3 is 14.8 Å². The maximum Gasteiger partial charge on any atom is 0.231 e. The summed E-state index contributed by atoms with van der Waals surface area (Å²) in [6.07, 6.45) is 5.49. The normalized spacial score (nSPS) is 19.6. The molecule has 5 nitrogen and oxygen atoms in total. The van der Waals surface area contributed by atoms with Crippen LogP contribution in [0.3, 0.4) is 0 Å². The lowest BCUT2D eigenvalue weighted by Gasteiger charge is -2.24. The van der Waals surface area contributed by atoms with Gasteiger partial charge in [0.2, 0.25) is 6.79 Å². The summed E-state index contributed by atoms with van der Waals surface area (Å²) in [7, 11) is 2.02. The number of rotatable bonds is 3. The van der Waals surface area contributed by atoms with Gasteiger partial charge in [0.15, 0.2) is 11.5 Å². The topological polar surface area (TPSA) is 48.3 Å². The van der Waals surface area contributed by atoms with E-state index in [1.807, 2.05) is 30.1 Å². The number of aryl methyl sites for hydroxylation is 1. The van der Waals surface area contributed by atoms with Gasteiger partial charge in [0.1, 0.15) is 0 Å². The number of hydrogen-bond donors (Lipinski definition) is 1. The van der Waals surface area contributed by atoms with E-state index in [1.54, 1.807) is 0 Å². The van der Waals surface area contributed by atoms with Crippen LogP contribution in [0.25, 0.3) is 0 Å². The molecular weight excluding hydrogens is 266 g/mol. The Morgan fingerprint density at radius 1 is 1.38 bits per heavy atom. The zero-order valence-electron chi connectivity index (χ0n) is 12.1.